The molecule has 0 radical (unpaired) electrons. The van der Waals surface area contributed by atoms with Crippen molar-refractivity contribution in [3.63, 3.8) is 0 Å². The lowest BCUT2D eigenvalue weighted by Crippen LogP contribution is -2.23. The van der Waals surface area contributed by atoms with Gasteiger partial charge in [0.05, 0.1) is 5.57 Å². The van der Waals surface area contributed by atoms with Crippen LogP contribution in [0.5, 0.6) is 0 Å². The number of carbonyl (C=O) groups excluding carboxylic acids is 1. The molecule has 0 spiro atoms. The minimum absolute atomic E-state index is 0.301. The number of halogens is 4. The van der Waals surface area contributed by atoms with Crippen LogP contribution in [0.3, 0.4) is 0 Å². The van der Waals surface area contributed by atoms with Gasteiger partial charge >= 0.3 is 12.1 Å². The molecule has 0 heterocycles. The molecule has 0 saturated heterocycles. The number of hydrogen-bond acceptors (Lipinski definition) is 2. The Balaban J connectivity index is 3.14. The molecule has 0 aliphatic rings. The molecular weight excluding hydrogens is 276 g/mol. The summed E-state index contributed by atoms with van der Waals surface area (Å²) in [4.78, 5) is 11.5. The van der Waals surface area contributed by atoms with Crippen molar-refractivity contribution in [2.24, 2.45) is 0 Å². The Bertz CT molecular complexity index is 507. The van der Waals surface area contributed by atoms with Gasteiger partial charge in [-0.2, -0.15) is 13.2 Å². The molecule has 6 heteroatoms. The van der Waals surface area contributed by atoms with Crippen LogP contribution in [0.25, 0.3) is 5.57 Å². The lowest BCUT2D eigenvalue weighted by atomic mass is 10.1. The van der Waals surface area contributed by atoms with Gasteiger partial charge in [-0.15, -0.1) is 0 Å². The summed E-state index contributed by atoms with van der Waals surface area (Å²) in [5.74, 6) is -1.76. The van der Waals surface area contributed by atoms with Gasteiger partial charge in [-0.1, -0.05) is 12.1 Å². The lowest BCUT2D eigenvalue weighted by molar-refractivity contribution is -0.148. The van der Waals surface area contributed by atoms with Crippen molar-refractivity contribution in [3.05, 3.63) is 41.7 Å². The monoisotopic (exact) mass is 290 g/mol. The van der Waals surface area contributed by atoms with E-state index in [9.17, 15) is 22.4 Å². The average molecular weight is 290 g/mol. The van der Waals surface area contributed by atoms with E-state index in [0.717, 1.165) is 24.3 Å². The van der Waals surface area contributed by atoms with Crippen LogP contribution in [0.4, 0.5) is 17.6 Å². The Morgan fingerprint density at radius 1 is 1.10 bits per heavy atom. The number of carbonyl (C=O) groups is 1. The van der Waals surface area contributed by atoms with Gasteiger partial charge in [0.15, 0.2) is 0 Å². The number of benzene rings is 1. The van der Waals surface area contributed by atoms with Crippen molar-refractivity contribution in [3.8, 4) is 0 Å². The van der Waals surface area contributed by atoms with Crippen LogP contribution < -0.4 is 0 Å². The van der Waals surface area contributed by atoms with Crippen molar-refractivity contribution in [1.29, 1.82) is 0 Å². The average Bonchev–Trinajstić information content (AvgIpc) is 2.23. The zero-order valence-corrected chi connectivity index (χ0v) is 11.2. The topological polar surface area (TPSA) is 26.3 Å². The van der Waals surface area contributed by atoms with E-state index in [-0.39, 0.29) is 5.56 Å². The highest BCUT2D eigenvalue weighted by Crippen LogP contribution is 2.34. The Morgan fingerprint density at radius 3 is 2.00 bits per heavy atom. The summed E-state index contributed by atoms with van der Waals surface area (Å²) in [6.07, 6.45) is -4.37. The summed E-state index contributed by atoms with van der Waals surface area (Å²) in [5.41, 5.74) is -2.37. The van der Waals surface area contributed by atoms with Crippen LogP contribution >= 0.6 is 0 Å². The molecule has 1 rings (SSSR count). The third-order valence-electron chi connectivity index (χ3n) is 2.13. The zero-order valence-electron chi connectivity index (χ0n) is 11.2. The molecule has 0 bridgehead atoms. The Morgan fingerprint density at radius 2 is 1.60 bits per heavy atom. The van der Waals surface area contributed by atoms with E-state index in [4.69, 9.17) is 4.74 Å². The van der Waals surface area contributed by atoms with E-state index in [1.807, 2.05) is 0 Å². The standard InChI is InChI=1S/C14H14F4O2/c1-13(2,3)20-12(19)8-11(14(16,17)18)9-4-6-10(15)7-5-9/h4-8H,1-3H3. The van der Waals surface area contributed by atoms with Gasteiger partial charge in [-0.3, -0.25) is 0 Å². The normalized spacial score (nSPS) is 13.2. The molecule has 1 aromatic rings. The molecule has 1 aromatic carbocycles. The molecule has 110 valence electrons. The molecule has 0 unspecified atom stereocenters. The number of hydrogen-bond donors (Lipinski definition) is 0. The molecular formula is C14H14F4O2. The van der Waals surface area contributed by atoms with Gasteiger partial charge in [-0.05, 0) is 38.5 Å². The summed E-state index contributed by atoms with van der Waals surface area (Å²) in [6, 6.07) is 3.70. The Labute approximate surface area is 114 Å². The minimum Gasteiger partial charge on any atom is -0.457 e. The van der Waals surface area contributed by atoms with Gasteiger partial charge < -0.3 is 4.74 Å². The van der Waals surface area contributed by atoms with Crippen molar-refractivity contribution in [2.75, 3.05) is 0 Å². The highest BCUT2D eigenvalue weighted by Gasteiger charge is 2.35. The van der Waals surface area contributed by atoms with Gasteiger partial charge in [-0.25, -0.2) is 9.18 Å². The summed E-state index contributed by atoms with van der Waals surface area (Å²) >= 11 is 0. The predicted octanol–water partition coefficient (Wildman–Crippen LogP) is 4.11. The van der Waals surface area contributed by atoms with Crippen LogP contribution in [-0.2, 0) is 9.53 Å². The van der Waals surface area contributed by atoms with Crippen LogP contribution in [0.2, 0.25) is 0 Å². The maximum absolute atomic E-state index is 12.9. The number of rotatable bonds is 2. The fourth-order valence-electron chi connectivity index (χ4n) is 1.41. The highest BCUT2D eigenvalue weighted by molar-refractivity contribution is 5.92. The number of ether oxygens (including phenoxy) is 1. The number of alkyl halides is 3. The van der Waals surface area contributed by atoms with Gasteiger partial charge in [0.25, 0.3) is 0 Å². The van der Waals surface area contributed by atoms with Gasteiger partial charge in [0.1, 0.15) is 11.4 Å². The van der Waals surface area contributed by atoms with Gasteiger partial charge in [0.2, 0.25) is 0 Å². The minimum atomic E-state index is -4.74. The quantitative estimate of drug-likeness (QED) is 0.465. The second kappa shape index (κ2) is 5.64. The lowest BCUT2D eigenvalue weighted by Gasteiger charge is -2.19. The van der Waals surface area contributed by atoms with Crippen LogP contribution in [-0.4, -0.2) is 17.7 Å². The van der Waals surface area contributed by atoms with E-state index in [1.165, 1.54) is 0 Å². The fraction of sp³-hybridized carbons (Fsp3) is 0.357. The maximum Gasteiger partial charge on any atom is 0.417 e. The Kier molecular flexibility index (Phi) is 4.57. The third-order valence-corrected chi connectivity index (χ3v) is 2.13. The summed E-state index contributed by atoms with van der Waals surface area (Å²) in [5, 5.41) is 0. The number of esters is 1. The van der Waals surface area contributed by atoms with E-state index in [0.29, 0.717) is 6.08 Å². The summed E-state index contributed by atoms with van der Waals surface area (Å²) < 4.78 is 56.3. The highest BCUT2D eigenvalue weighted by atomic mass is 19.4. The van der Waals surface area contributed by atoms with Crippen molar-refractivity contribution < 1.29 is 27.1 Å². The molecule has 0 amide bonds. The van der Waals surface area contributed by atoms with E-state index in [1.54, 1.807) is 20.8 Å². The van der Waals surface area contributed by atoms with Crippen LogP contribution in [0, 0.1) is 5.82 Å². The maximum atomic E-state index is 12.9. The molecule has 20 heavy (non-hydrogen) atoms. The third kappa shape index (κ3) is 5.03. The first-order chi connectivity index (χ1) is 8.99. The van der Waals surface area contributed by atoms with E-state index < -0.39 is 29.1 Å². The first-order valence-corrected chi connectivity index (χ1v) is 5.77. The largest absolute Gasteiger partial charge is 0.457 e. The SMILES string of the molecule is CC(C)(C)OC(=O)C=C(c1ccc(F)cc1)C(F)(F)F. The molecule has 0 aromatic heterocycles. The summed E-state index contributed by atoms with van der Waals surface area (Å²) in [7, 11) is 0. The zero-order chi connectivity index (χ0) is 15.6. The number of allylic oxidation sites excluding steroid dienone is 1. The van der Waals surface area contributed by atoms with Crippen molar-refractivity contribution in [2.45, 2.75) is 32.5 Å². The molecule has 0 fully saturated rings. The van der Waals surface area contributed by atoms with E-state index in [2.05, 4.69) is 0 Å². The van der Waals surface area contributed by atoms with Gasteiger partial charge in [0, 0.05) is 6.08 Å². The molecule has 0 aliphatic carbocycles. The smallest absolute Gasteiger partial charge is 0.417 e. The fourth-order valence-corrected chi connectivity index (χ4v) is 1.41. The van der Waals surface area contributed by atoms with Crippen molar-refractivity contribution >= 4 is 11.5 Å². The molecule has 0 atom stereocenters. The first kappa shape index (κ1) is 16.2. The van der Waals surface area contributed by atoms with Crippen LogP contribution in [0.1, 0.15) is 26.3 Å². The van der Waals surface area contributed by atoms with Crippen molar-refractivity contribution in [1.82, 2.24) is 0 Å². The van der Waals surface area contributed by atoms with E-state index >= 15 is 0 Å². The first-order valence-electron chi connectivity index (χ1n) is 5.77. The second-order valence-corrected chi connectivity index (χ2v) is 5.10. The molecule has 2 nitrogen and oxygen atoms in total. The van der Waals surface area contributed by atoms with Crippen LogP contribution in [0.15, 0.2) is 30.3 Å². The predicted molar refractivity (Wildman–Crippen MR) is 66.3 cm³/mol. The second-order valence-electron chi connectivity index (χ2n) is 5.10. The summed E-state index contributed by atoms with van der Waals surface area (Å²) in [6.45, 7) is 4.64. The molecule has 0 N–H and O–H groups in total. The molecule has 0 aliphatic heterocycles. The Hall–Kier alpha value is -1.85. The molecule has 0 saturated carbocycles.